The fourth-order valence-electron chi connectivity index (χ4n) is 14.0. The number of piperidine rings is 1. The van der Waals surface area contributed by atoms with Crippen molar-refractivity contribution in [3.8, 4) is 5.75 Å². The number of aromatic amines is 1. The molecule has 10 unspecified atom stereocenters. The van der Waals surface area contributed by atoms with Crippen molar-refractivity contribution in [3.05, 3.63) is 70.9 Å². The number of quaternary nitrogens is 1. The maximum Gasteiger partial charge on any atom is 0.344 e. The number of aliphatic hydroxyl groups is 2. The first kappa shape index (κ1) is 41.6. The van der Waals surface area contributed by atoms with Crippen LogP contribution in [0.15, 0.2) is 48.6 Å². The summed E-state index contributed by atoms with van der Waals surface area (Å²) in [6.45, 7) is 8.40. The Labute approximate surface area is 356 Å². The van der Waals surface area contributed by atoms with Gasteiger partial charge in [0.2, 0.25) is 12.0 Å². The van der Waals surface area contributed by atoms with Crippen LogP contribution in [0.2, 0.25) is 0 Å². The molecule has 10 atom stereocenters. The summed E-state index contributed by atoms with van der Waals surface area (Å²) >= 11 is 0. The molecule has 3 aromatic rings. The molecule has 0 radical (unpaired) electrons. The number of nitrogens with one attached hydrogen (secondary N) is 1. The number of benzene rings is 2. The molecular formula is C47H59N4O10+. The van der Waals surface area contributed by atoms with Crippen LogP contribution in [0.1, 0.15) is 75.3 Å². The second-order valence-electron chi connectivity index (χ2n) is 19.1. The normalized spacial score (nSPS) is 37.3. The number of carbonyl (C=O) groups excluding carboxylic acids is 4. The van der Waals surface area contributed by atoms with E-state index in [0.717, 1.165) is 29.6 Å². The first-order valence-electron chi connectivity index (χ1n) is 21.7. The molecule has 61 heavy (non-hydrogen) atoms. The summed E-state index contributed by atoms with van der Waals surface area (Å²) in [6.07, 6.45) is 5.90. The molecule has 3 fully saturated rings. The first-order valence-corrected chi connectivity index (χ1v) is 21.7. The van der Waals surface area contributed by atoms with Crippen molar-refractivity contribution >= 4 is 40.9 Å². The van der Waals surface area contributed by atoms with Crippen LogP contribution in [0.3, 0.4) is 0 Å². The molecule has 326 valence electrons. The molecule has 14 nitrogen and oxygen atoms in total. The molecule has 5 aliphatic heterocycles. The predicted molar refractivity (Wildman–Crippen MR) is 225 cm³/mol. The van der Waals surface area contributed by atoms with Gasteiger partial charge in [0.15, 0.2) is 6.10 Å². The average molecular weight is 840 g/mol. The van der Waals surface area contributed by atoms with E-state index in [0.29, 0.717) is 90.9 Å². The van der Waals surface area contributed by atoms with E-state index in [9.17, 15) is 24.6 Å². The second-order valence-corrected chi connectivity index (χ2v) is 19.1. The maximum atomic E-state index is 15.4. The van der Waals surface area contributed by atoms with E-state index in [-0.39, 0.29) is 12.3 Å². The van der Waals surface area contributed by atoms with Gasteiger partial charge in [-0.25, -0.2) is 4.79 Å². The predicted octanol–water partition coefficient (Wildman–Crippen LogP) is 3.66. The number of esters is 3. The monoisotopic (exact) mass is 839 g/mol. The van der Waals surface area contributed by atoms with E-state index < -0.39 is 63.5 Å². The molecule has 14 heteroatoms. The summed E-state index contributed by atoms with van der Waals surface area (Å²) < 4.78 is 24.4. The van der Waals surface area contributed by atoms with Gasteiger partial charge in [-0.05, 0) is 61.9 Å². The molecule has 6 heterocycles. The van der Waals surface area contributed by atoms with E-state index in [2.05, 4.69) is 23.0 Å². The van der Waals surface area contributed by atoms with Gasteiger partial charge >= 0.3 is 17.9 Å². The highest BCUT2D eigenvalue weighted by molar-refractivity contribution is 5.96. The quantitative estimate of drug-likeness (QED) is 0.0997. The molecule has 1 spiro atoms. The zero-order chi connectivity index (χ0) is 43.5. The number of ether oxygens (including phenoxy) is 4. The van der Waals surface area contributed by atoms with Gasteiger partial charge in [0.1, 0.15) is 23.3 Å². The van der Waals surface area contributed by atoms with Gasteiger partial charge in [0.25, 0.3) is 0 Å². The number of hydrogen-bond donors (Lipinski definition) is 3. The van der Waals surface area contributed by atoms with Crippen molar-refractivity contribution in [2.75, 3.05) is 66.0 Å². The van der Waals surface area contributed by atoms with Crippen molar-refractivity contribution in [2.24, 2.45) is 11.3 Å². The standard InChI is InChI=1S/C47H59N4O10/c1-8-43(56)23-29-24-46(41(54)59-6,37-31(15-20-51(4,25-29)26-43)30-13-10-11-14-34(30)48-37)33-21-32-35(22-36(33)58-5)50(27-52)39-45(32)17-19-49-18-12-16-44(9-2,38(45)49)40(61-28(3)53)47(39,57)42(55)60-7/h10-14,16,21-22,27,29,38-40,48,56-57H,8-9,15,17-20,23-26H2,1-7H3/q+1. The van der Waals surface area contributed by atoms with Crippen molar-refractivity contribution in [2.45, 2.75) is 99.5 Å². The largest absolute Gasteiger partial charge is 0.496 e. The molecule has 2 saturated heterocycles. The second kappa shape index (κ2) is 14.1. The Hall–Kier alpha value is -4.76. The lowest BCUT2D eigenvalue weighted by Gasteiger charge is -2.63. The number of para-hydroxylation sites is 1. The van der Waals surface area contributed by atoms with Gasteiger partial charge in [-0.1, -0.05) is 44.2 Å². The van der Waals surface area contributed by atoms with Crippen LogP contribution in [0.25, 0.3) is 10.9 Å². The summed E-state index contributed by atoms with van der Waals surface area (Å²) in [6, 6.07) is 10.0. The number of H-pyrrole nitrogens is 1. The molecule has 3 N–H and O–H groups in total. The lowest BCUT2D eigenvalue weighted by atomic mass is 9.47. The Bertz CT molecular complexity index is 2360. The Morgan fingerprint density at radius 1 is 1.00 bits per heavy atom. The molecular weight excluding hydrogens is 781 g/mol. The minimum atomic E-state index is -2.53. The fraction of sp³-hybridized carbons (Fsp3) is 0.574. The number of nitrogens with zero attached hydrogens (tertiary/aromatic N) is 3. The number of likely N-dealkylation sites (N-methyl/N-ethyl adjacent to an activating group) is 1. The summed E-state index contributed by atoms with van der Waals surface area (Å²) in [5.41, 5.74) is -3.10. The highest BCUT2D eigenvalue weighted by atomic mass is 16.6. The van der Waals surface area contributed by atoms with Crippen LogP contribution in [0.5, 0.6) is 5.75 Å². The number of methoxy groups -OCH3 is 3. The minimum Gasteiger partial charge on any atom is -0.496 e. The third-order valence-electron chi connectivity index (χ3n) is 16.1. The van der Waals surface area contributed by atoms with Crippen LogP contribution in [-0.2, 0) is 50.6 Å². The third kappa shape index (κ3) is 5.40. The van der Waals surface area contributed by atoms with Gasteiger partial charge in [0.05, 0.1) is 53.2 Å². The van der Waals surface area contributed by atoms with Gasteiger partial charge in [-0.2, -0.15) is 0 Å². The van der Waals surface area contributed by atoms with E-state index in [4.69, 9.17) is 18.9 Å². The van der Waals surface area contributed by atoms with E-state index in [1.165, 1.54) is 33.2 Å². The lowest BCUT2D eigenvalue weighted by Crippen LogP contribution is -2.81. The minimum absolute atomic E-state index is 0.141. The smallest absolute Gasteiger partial charge is 0.344 e. The summed E-state index contributed by atoms with van der Waals surface area (Å²) in [7, 11) is 6.31. The number of rotatable bonds is 8. The van der Waals surface area contributed by atoms with E-state index in [1.807, 2.05) is 50.3 Å². The SMILES string of the molecule is CCC1(O)CC2CC(C(=O)OC)(c3cc4c(cc3OC)N(C=O)C3C(O)(C(=O)OC)C(OC(C)=O)C5(CC)C=CCN6CCC43C65)c3[nH]c4ccccc4c3CC[N+](C)(C2)C1. The molecule has 9 rings (SSSR count). The number of hydrogen-bond acceptors (Lipinski definition) is 11. The summed E-state index contributed by atoms with van der Waals surface area (Å²) in [5, 5.41) is 26.5. The zero-order valence-electron chi connectivity index (χ0n) is 36.3. The summed E-state index contributed by atoms with van der Waals surface area (Å²) in [4.78, 5) is 64.0. The number of anilines is 1. The van der Waals surface area contributed by atoms with Crippen LogP contribution < -0.4 is 9.64 Å². The number of amides is 1. The highest BCUT2D eigenvalue weighted by Crippen LogP contribution is 2.68. The Morgan fingerprint density at radius 2 is 1.75 bits per heavy atom. The molecule has 1 aromatic heterocycles. The van der Waals surface area contributed by atoms with Crippen LogP contribution >= 0.6 is 0 Å². The fourth-order valence-corrected chi connectivity index (χ4v) is 14.0. The van der Waals surface area contributed by atoms with E-state index in [1.54, 1.807) is 6.07 Å². The van der Waals surface area contributed by atoms with Gasteiger partial charge in [-0.3, -0.25) is 19.3 Å². The van der Waals surface area contributed by atoms with Crippen molar-refractivity contribution < 1.29 is 52.8 Å². The topological polar surface area (TPSA) is 168 Å². The molecule has 6 aliphatic rings. The van der Waals surface area contributed by atoms with Crippen molar-refractivity contribution in [1.29, 1.82) is 0 Å². The maximum absolute atomic E-state index is 15.4. The van der Waals surface area contributed by atoms with Gasteiger partial charge < -0.3 is 43.5 Å². The van der Waals surface area contributed by atoms with E-state index >= 15 is 4.79 Å². The van der Waals surface area contributed by atoms with Crippen LogP contribution in [-0.4, -0.2) is 139 Å². The molecule has 2 aromatic carbocycles. The van der Waals surface area contributed by atoms with Gasteiger partial charge in [-0.15, -0.1) is 0 Å². The lowest BCUT2D eigenvalue weighted by molar-refractivity contribution is -0.924. The highest BCUT2D eigenvalue weighted by Gasteiger charge is 2.81. The van der Waals surface area contributed by atoms with Crippen LogP contribution in [0.4, 0.5) is 5.69 Å². The van der Waals surface area contributed by atoms with Crippen molar-refractivity contribution in [3.63, 3.8) is 0 Å². The Morgan fingerprint density at radius 3 is 2.43 bits per heavy atom. The summed E-state index contributed by atoms with van der Waals surface area (Å²) in [5.74, 6) is -2.04. The first-order chi connectivity index (χ1) is 29.1. The molecule has 1 aliphatic carbocycles. The molecule has 1 saturated carbocycles. The number of fused-ring (bicyclic) bond motifs is 6. The molecule has 2 bridgehead atoms. The third-order valence-corrected chi connectivity index (χ3v) is 16.1. The molecule has 1 amide bonds. The number of aromatic nitrogens is 1. The number of carbonyl (C=O) groups is 4. The van der Waals surface area contributed by atoms with Gasteiger partial charge in [0, 0.05) is 70.9 Å². The van der Waals surface area contributed by atoms with Crippen LogP contribution in [0, 0.1) is 11.3 Å². The Kier molecular flexibility index (Phi) is 9.63. The van der Waals surface area contributed by atoms with Crippen molar-refractivity contribution in [1.82, 2.24) is 9.88 Å². The zero-order valence-corrected chi connectivity index (χ0v) is 36.3. The average Bonchev–Trinajstić information content (AvgIpc) is 3.92. The Balaban J connectivity index is 1.38.